The lowest BCUT2D eigenvalue weighted by Gasteiger charge is -2.43. The third kappa shape index (κ3) is 3.37. The van der Waals surface area contributed by atoms with Gasteiger partial charge in [-0.2, -0.15) is 0 Å². The SMILES string of the molecule is CN1CCC(C)(CN2CCCNC(C)(C3CC3)C2)CC1. The van der Waals surface area contributed by atoms with E-state index in [0.717, 1.165) is 5.92 Å². The Balaban J connectivity index is 1.60. The van der Waals surface area contributed by atoms with E-state index in [-0.39, 0.29) is 0 Å². The molecule has 0 spiro atoms. The number of piperidine rings is 1. The third-order valence-electron chi connectivity index (χ3n) is 6.01. The molecule has 1 unspecified atom stereocenters. The first-order valence-electron chi connectivity index (χ1n) is 8.65. The molecule has 3 fully saturated rings. The Labute approximate surface area is 125 Å². The molecule has 2 saturated heterocycles. The summed E-state index contributed by atoms with van der Waals surface area (Å²) in [6.07, 6.45) is 6.94. The minimum Gasteiger partial charge on any atom is -0.310 e. The second kappa shape index (κ2) is 5.58. The van der Waals surface area contributed by atoms with Crippen LogP contribution in [0.4, 0.5) is 0 Å². The van der Waals surface area contributed by atoms with Crippen molar-refractivity contribution < 1.29 is 0 Å². The quantitative estimate of drug-likeness (QED) is 0.854. The molecule has 0 aromatic rings. The van der Waals surface area contributed by atoms with E-state index in [1.54, 1.807) is 0 Å². The second-order valence-corrected chi connectivity index (χ2v) is 8.30. The minimum absolute atomic E-state index is 0.387. The lowest BCUT2D eigenvalue weighted by molar-refractivity contribution is 0.0758. The predicted molar refractivity (Wildman–Crippen MR) is 85.0 cm³/mol. The van der Waals surface area contributed by atoms with Crippen LogP contribution in [0.2, 0.25) is 0 Å². The van der Waals surface area contributed by atoms with Crippen molar-refractivity contribution in [3.05, 3.63) is 0 Å². The number of hydrogen-bond donors (Lipinski definition) is 1. The molecule has 0 amide bonds. The van der Waals surface area contributed by atoms with E-state index in [1.807, 2.05) is 0 Å². The average molecular weight is 279 g/mol. The summed E-state index contributed by atoms with van der Waals surface area (Å²) in [6, 6.07) is 0. The Kier molecular flexibility index (Phi) is 4.13. The van der Waals surface area contributed by atoms with Gasteiger partial charge < -0.3 is 15.1 Å². The van der Waals surface area contributed by atoms with Gasteiger partial charge in [-0.25, -0.2) is 0 Å². The van der Waals surface area contributed by atoms with E-state index in [9.17, 15) is 0 Å². The highest BCUT2D eigenvalue weighted by atomic mass is 15.2. The van der Waals surface area contributed by atoms with Crippen LogP contribution in [0.5, 0.6) is 0 Å². The maximum atomic E-state index is 3.86. The molecule has 20 heavy (non-hydrogen) atoms. The zero-order valence-corrected chi connectivity index (χ0v) is 13.7. The van der Waals surface area contributed by atoms with Crippen LogP contribution in [0, 0.1) is 11.3 Å². The smallest absolute Gasteiger partial charge is 0.0308 e. The van der Waals surface area contributed by atoms with E-state index in [4.69, 9.17) is 0 Å². The summed E-state index contributed by atoms with van der Waals surface area (Å²) in [7, 11) is 2.26. The average Bonchev–Trinajstić information content (AvgIpc) is 3.22. The summed E-state index contributed by atoms with van der Waals surface area (Å²) >= 11 is 0. The molecule has 2 aliphatic heterocycles. The molecule has 1 saturated carbocycles. The number of nitrogens with zero attached hydrogens (tertiary/aromatic N) is 2. The molecule has 3 nitrogen and oxygen atoms in total. The molecule has 1 N–H and O–H groups in total. The molecule has 1 atom stereocenters. The normalized spacial score (nSPS) is 36.8. The van der Waals surface area contributed by atoms with Gasteiger partial charge in [-0.3, -0.25) is 0 Å². The fraction of sp³-hybridized carbons (Fsp3) is 1.00. The van der Waals surface area contributed by atoms with Crippen LogP contribution in [0.25, 0.3) is 0 Å². The molecule has 0 aromatic heterocycles. The highest BCUT2D eigenvalue weighted by Crippen LogP contribution is 2.41. The van der Waals surface area contributed by atoms with Crippen molar-refractivity contribution in [1.82, 2.24) is 15.1 Å². The molecule has 3 rings (SSSR count). The predicted octanol–water partition coefficient (Wildman–Crippen LogP) is 2.18. The summed E-state index contributed by atoms with van der Waals surface area (Å²) in [6.45, 7) is 12.6. The third-order valence-corrected chi connectivity index (χ3v) is 6.01. The van der Waals surface area contributed by atoms with Crippen molar-refractivity contribution >= 4 is 0 Å². The summed E-state index contributed by atoms with van der Waals surface area (Å²) in [4.78, 5) is 5.27. The summed E-state index contributed by atoms with van der Waals surface area (Å²) < 4.78 is 0. The van der Waals surface area contributed by atoms with Crippen LogP contribution < -0.4 is 5.32 Å². The van der Waals surface area contributed by atoms with Gasteiger partial charge in [0.05, 0.1) is 0 Å². The van der Waals surface area contributed by atoms with Crippen molar-refractivity contribution in [3.63, 3.8) is 0 Å². The molecular weight excluding hydrogens is 246 g/mol. The first-order chi connectivity index (χ1) is 9.49. The Morgan fingerprint density at radius 1 is 1.10 bits per heavy atom. The topological polar surface area (TPSA) is 18.5 Å². The van der Waals surface area contributed by atoms with E-state index in [2.05, 4.69) is 36.0 Å². The van der Waals surface area contributed by atoms with Gasteiger partial charge >= 0.3 is 0 Å². The van der Waals surface area contributed by atoms with Gasteiger partial charge in [-0.1, -0.05) is 6.92 Å². The fourth-order valence-electron chi connectivity index (χ4n) is 4.26. The lowest BCUT2D eigenvalue weighted by atomic mass is 9.79. The van der Waals surface area contributed by atoms with Gasteiger partial charge in [0.25, 0.3) is 0 Å². The number of hydrogen-bond acceptors (Lipinski definition) is 3. The molecule has 0 radical (unpaired) electrons. The Morgan fingerprint density at radius 3 is 2.45 bits per heavy atom. The fourth-order valence-corrected chi connectivity index (χ4v) is 4.26. The Bertz CT molecular complexity index is 331. The number of likely N-dealkylation sites (tertiary alicyclic amines) is 1. The summed E-state index contributed by atoms with van der Waals surface area (Å²) in [5, 5.41) is 3.86. The monoisotopic (exact) mass is 279 g/mol. The molecular formula is C17H33N3. The second-order valence-electron chi connectivity index (χ2n) is 8.30. The van der Waals surface area contributed by atoms with Crippen molar-refractivity contribution in [2.45, 2.75) is 51.5 Å². The highest BCUT2D eigenvalue weighted by Gasteiger charge is 2.43. The van der Waals surface area contributed by atoms with Crippen LogP contribution in [0.1, 0.15) is 46.0 Å². The van der Waals surface area contributed by atoms with Gasteiger partial charge in [0.2, 0.25) is 0 Å². The molecule has 116 valence electrons. The van der Waals surface area contributed by atoms with Crippen LogP contribution in [0.3, 0.4) is 0 Å². The van der Waals surface area contributed by atoms with Gasteiger partial charge in [0.15, 0.2) is 0 Å². The molecule has 3 aliphatic rings. The van der Waals surface area contributed by atoms with Crippen molar-refractivity contribution in [1.29, 1.82) is 0 Å². The van der Waals surface area contributed by atoms with E-state index in [1.165, 1.54) is 71.4 Å². The van der Waals surface area contributed by atoms with Gasteiger partial charge in [-0.05, 0) is 83.6 Å². The van der Waals surface area contributed by atoms with Gasteiger partial charge in [0.1, 0.15) is 0 Å². The standard InChI is InChI=1S/C17H33N3/c1-16(7-11-19(3)12-8-16)13-20-10-4-9-18-17(2,14-20)15-5-6-15/h15,18H,4-14H2,1-3H3. The molecule has 0 aromatic carbocycles. The zero-order chi connectivity index (χ0) is 14.2. The maximum absolute atomic E-state index is 3.86. The number of nitrogens with one attached hydrogen (secondary N) is 1. The van der Waals surface area contributed by atoms with Crippen molar-refractivity contribution in [2.75, 3.05) is 46.3 Å². The van der Waals surface area contributed by atoms with Crippen LogP contribution in [-0.4, -0.2) is 61.7 Å². The van der Waals surface area contributed by atoms with Crippen molar-refractivity contribution in [2.24, 2.45) is 11.3 Å². The van der Waals surface area contributed by atoms with Gasteiger partial charge in [-0.15, -0.1) is 0 Å². The molecule has 1 aliphatic carbocycles. The Morgan fingerprint density at radius 2 is 1.80 bits per heavy atom. The summed E-state index contributed by atoms with van der Waals surface area (Å²) in [5.41, 5.74) is 0.930. The highest BCUT2D eigenvalue weighted by molar-refractivity contribution is 5.01. The zero-order valence-electron chi connectivity index (χ0n) is 13.7. The minimum atomic E-state index is 0.387. The molecule has 2 heterocycles. The first kappa shape index (κ1) is 14.8. The van der Waals surface area contributed by atoms with E-state index >= 15 is 0 Å². The molecule has 3 heteroatoms. The van der Waals surface area contributed by atoms with Gasteiger partial charge in [0, 0.05) is 18.6 Å². The van der Waals surface area contributed by atoms with E-state index in [0.29, 0.717) is 11.0 Å². The van der Waals surface area contributed by atoms with Crippen LogP contribution in [-0.2, 0) is 0 Å². The molecule has 0 bridgehead atoms. The largest absolute Gasteiger partial charge is 0.310 e. The first-order valence-corrected chi connectivity index (χ1v) is 8.65. The maximum Gasteiger partial charge on any atom is 0.0308 e. The van der Waals surface area contributed by atoms with Crippen molar-refractivity contribution in [3.8, 4) is 0 Å². The summed E-state index contributed by atoms with van der Waals surface area (Å²) in [5.74, 6) is 0.938. The lowest BCUT2D eigenvalue weighted by Crippen LogP contribution is -2.53. The Hall–Kier alpha value is -0.120. The number of rotatable bonds is 3. The van der Waals surface area contributed by atoms with Crippen LogP contribution >= 0.6 is 0 Å². The van der Waals surface area contributed by atoms with E-state index < -0.39 is 0 Å². The van der Waals surface area contributed by atoms with Crippen LogP contribution in [0.15, 0.2) is 0 Å².